The molecule has 0 fully saturated rings. The fourth-order valence-corrected chi connectivity index (χ4v) is 1.60. The number of benzene rings is 1. The molecule has 1 aromatic heterocycles. The van der Waals surface area contributed by atoms with Crippen LogP contribution in [0.2, 0.25) is 5.02 Å². The normalized spacial score (nSPS) is 10.5. The molecule has 0 unspecified atom stereocenters. The van der Waals surface area contributed by atoms with E-state index in [1.807, 2.05) is 6.92 Å². The number of hydrogen-bond acceptors (Lipinski definition) is 3. The summed E-state index contributed by atoms with van der Waals surface area (Å²) in [6.07, 6.45) is 1.51. The van der Waals surface area contributed by atoms with Crippen LogP contribution in [0.25, 0.3) is 11.4 Å². The second kappa shape index (κ2) is 3.90. The van der Waals surface area contributed by atoms with Crippen molar-refractivity contribution >= 4 is 17.3 Å². The second-order valence-corrected chi connectivity index (χ2v) is 3.57. The van der Waals surface area contributed by atoms with E-state index in [1.165, 1.54) is 6.33 Å². The maximum Gasteiger partial charge on any atom is 0.160 e. The Labute approximate surface area is 92.7 Å². The Balaban J connectivity index is 2.58. The van der Waals surface area contributed by atoms with E-state index in [-0.39, 0.29) is 0 Å². The number of anilines is 1. The fourth-order valence-electron chi connectivity index (χ4n) is 1.43. The molecule has 0 spiro atoms. The first-order valence-electron chi connectivity index (χ1n) is 4.65. The minimum Gasteiger partial charge on any atom is -0.398 e. The van der Waals surface area contributed by atoms with Crippen molar-refractivity contribution in [2.75, 3.05) is 5.73 Å². The van der Waals surface area contributed by atoms with Gasteiger partial charge in [-0.3, -0.25) is 0 Å². The zero-order valence-corrected chi connectivity index (χ0v) is 9.07. The van der Waals surface area contributed by atoms with Crippen LogP contribution in [0.5, 0.6) is 0 Å². The summed E-state index contributed by atoms with van der Waals surface area (Å²) >= 11 is 5.92. The van der Waals surface area contributed by atoms with E-state index in [1.54, 1.807) is 22.9 Å². The summed E-state index contributed by atoms with van der Waals surface area (Å²) in [5.41, 5.74) is 7.34. The Morgan fingerprint density at radius 1 is 1.47 bits per heavy atom. The number of rotatable bonds is 2. The van der Waals surface area contributed by atoms with Gasteiger partial charge >= 0.3 is 0 Å². The van der Waals surface area contributed by atoms with Crippen molar-refractivity contribution in [3.05, 3.63) is 29.5 Å². The van der Waals surface area contributed by atoms with Crippen LogP contribution < -0.4 is 5.73 Å². The zero-order chi connectivity index (χ0) is 10.8. The third-order valence-corrected chi connectivity index (χ3v) is 2.41. The highest BCUT2D eigenvalue weighted by molar-refractivity contribution is 6.31. The summed E-state index contributed by atoms with van der Waals surface area (Å²) in [6.45, 7) is 2.75. The Morgan fingerprint density at radius 3 is 3.00 bits per heavy atom. The van der Waals surface area contributed by atoms with Crippen LogP contribution in [0.4, 0.5) is 5.69 Å². The topological polar surface area (TPSA) is 56.7 Å². The van der Waals surface area contributed by atoms with Crippen LogP contribution >= 0.6 is 11.6 Å². The molecule has 2 N–H and O–H groups in total. The van der Waals surface area contributed by atoms with E-state index in [0.29, 0.717) is 10.7 Å². The van der Waals surface area contributed by atoms with Gasteiger partial charge in [0.05, 0.1) is 0 Å². The molecule has 1 heterocycles. The molecule has 4 nitrogen and oxygen atoms in total. The number of nitrogen functional groups attached to an aromatic ring is 1. The van der Waals surface area contributed by atoms with Gasteiger partial charge < -0.3 is 5.73 Å². The lowest BCUT2D eigenvalue weighted by molar-refractivity contribution is 0.666. The Bertz CT molecular complexity index is 478. The van der Waals surface area contributed by atoms with Crippen LogP contribution in [-0.2, 0) is 6.54 Å². The van der Waals surface area contributed by atoms with E-state index in [9.17, 15) is 0 Å². The highest BCUT2D eigenvalue weighted by Crippen LogP contribution is 2.26. The van der Waals surface area contributed by atoms with Gasteiger partial charge in [0.1, 0.15) is 6.33 Å². The lowest BCUT2D eigenvalue weighted by Crippen LogP contribution is -2.01. The summed E-state index contributed by atoms with van der Waals surface area (Å²) in [5, 5.41) is 4.73. The quantitative estimate of drug-likeness (QED) is 0.793. The minimum absolute atomic E-state index is 0.643. The van der Waals surface area contributed by atoms with Crippen molar-refractivity contribution in [3.63, 3.8) is 0 Å². The third kappa shape index (κ3) is 1.80. The molecule has 0 radical (unpaired) electrons. The first-order valence-corrected chi connectivity index (χ1v) is 5.03. The Hall–Kier alpha value is -1.55. The first kappa shape index (κ1) is 9.98. The van der Waals surface area contributed by atoms with Gasteiger partial charge in [-0.1, -0.05) is 11.6 Å². The van der Waals surface area contributed by atoms with E-state index in [2.05, 4.69) is 10.1 Å². The van der Waals surface area contributed by atoms with Crippen LogP contribution in [0.1, 0.15) is 6.92 Å². The van der Waals surface area contributed by atoms with Crippen molar-refractivity contribution in [1.29, 1.82) is 0 Å². The van der Waals surface area contributed by atoms with Crippen molar-refractivity contribution in [2.45, 2.75) is 13.5 Å². The van der Waals surface area contributed by atoms with Gasteiger partial charge in [-0.25, -0.2) is 9.67 Å². The average molecular weight is 223 g/mol. The summed E-state index contributed by atoms with van der Waals surface area (Å²) in [4.78, 5) is 4.17. The maximum absolute atomic E-state index is 5.92. The third-order valence-electron chi connectivity index (χ3n) is 2.17. The Kier molecular flexibility index (Phi) is 2.60. The molecule has 2 rings (SSSR count). The van der Waals surface area contributed by atoms with Gasteiger partial charge in [0.2, 0.25) is 0 Å². The van der Waals surface area contributed by atoms with Crippen molar-refractivity contribution in [1.82, 2.24) is 14.8 Å². The van der Waals surface area contributed by atoms with Gasteiger partial charge in [-0.2, -0.15) is 5.10 Å². The molecule has 0 amide bonds. The molecule has 78 valence electrons. The molecule has 1 aromatic carbocycles. The smallest absolute Gasteiger partial charge is 0.160 e. The largest absolute Gasteiger partial charge is 0.398 e. The maximum atomic E-state index is 5.92. The molecule has 0 saturated heterocycles. The number of hydrogen-bond donors (Lipinski definition) is 1. The molecule has 2 aromatic rings. The highest BCUT2D eigenvalue weighted by Gasteiger charge is 2.09. The molecule has 0 aliphatic rings. The predicted octanol–water partition coefficient (Wildman–Crippen LogP) is 2.20. The minimum atomic E-state index is 0.643. The van der Waals surface area contributed by atoms with Gasteiger partial charge in [-0.15, -0.1) is 0 Å². The van der Waals surface area contributed by atoms with Gasteiger partial charge in [0.25, 0.3) is 0 Å². The standard InChI is InChI=1S/C10H11ClN4/c1-2-15-10(13-6-14-15)8-5-7(11)3-4-9(8)12/h3-6H,2,12H2,1H3. The number of aromatic nitrogens is 3. The van der Waals surface area contributed by atoms with Crippen LogP contribution in [0.3, 0.4) is 0 Å². The van der Waals surface area contributed by atoms with E-state index < -0.39 is 0 Å². The second-order valence-electron chi connectivity index (χ2n) is 3.13. The summed E-state index contributed by atoms with van der Waals surface area (Å²) < 4.78 is 1.78. The molecular weight excluding hydrogens is 212 g/mol. The molecule has 0 aliphatic heterocycles. The molecular formula is C10H11ClN4. The molecule has 5 heteroatoms. The molecule has 0 aliphatic carbocycles. The average Bonchev–Trinajstić information content (AvgIpc) is 2.69. The van der Waals surface area contributed by atoms with Crippen LogP contribution in [0, 0.1) is 0 Å². The zero-order valence-electron chi connectivity index (χ0n) is 8.31. The Morgan fingerprint density at radius 2 is 2.27 bits per heavy atom. The number of nitrogens with two attached hydrogens (primary N) is 1. The summed E-state index contributed by atoms with van der Waals surface area (Å²) in [7, 11) is 0. The summed E-state index contributed by atoms with van der Waals surface area (Å²) in [6, 6.07) is 5.33. The monoisotopic (exact) mass is 222 g/mol. The molecule has 0 atom stereocenters. The fraction of sp³-hybridized carbons (Fsp3) is 0.200. The molecule has 0 saturated carbocycles. The number of nitrogens with zero attached hydrogens (tertiary/aromatic N) is 3. The first-order chi connectivity index (χ1) is 7.22. The highest BCUT2D eigenvalue weighted by atomic mass is 35.5. The molecule has 0 bridgehead atoms. The van der Waals surface area contributed by atoms with Crippen molar-refractivity contribution in [2.24, 2.45) is 0 Å². The van der Waals surface area contributed by atoms with E-state index in [4.69, 9.17) is 17.3 Å². The molecule has 15 heavy (non-hydrogen) atoms. The van der Waals surface area contributed by atoms with Gasteiger partial charge in [-0.05, 0) is 25.1 Å². The van der Waals surface area contributed by atoms with Gasteiger partial charge in [0, 0.05) is 22.8 Å². The predicted molar refractivity (Wildman–Crippen MR) is 60.6 cm³/mol. The lowest BCUT2D eigenvalue weighted by Gasteiger charge is -2.06. The number of halogens is 1. The van der Waals surface area contributed by atoms with E-state index >= 15 is 0 Å². The van der Waals surface area contributed by atoms with E-state index in [0.717, 1.165) is 17.9 Å². The number of aryl methyl sites for hydroxylation is 1. The van der Waals surface area contributed by atoms with Gasteiger partial charge in [0.15, 0.2) is 5.82 Å². The SMILES string of the molecule is CCn1ncnc1-c1cc(Cl)ccc1N. The van der Waals surface area contributed by atoms with Crippen molar-refractivity contribution in [3.8, 4) is 11.4 Å². The van der Waals surface area contributed by atoms with Crippen LogP contribution in [-0.4, -0.2) is 14.8 Å². The van der Waals surface area contributed by atoms with Crippen LogP contribution in [0.15, 0.2) is 24.5 Å². The summed E-state index contributed by atoms with van der Waals surface area (Å²) in [5.74, 6) is 0.748. The van der Waals surface area contributed by atoms with Crippen molar-refractivity contribution < 1.29 is 0 Å². The lowest BCUT2D eigenvalue weighted by atomic mass is 10.1.